The van der Waals surface area contributed by atoms with E-state index in [1.54, 1.807) is 11.3 Å². The predicted molar refractivity (Wildman–Crippen MR) is 119 cm³/mol. The van der Waals surface area contributed by atoms with Gasteiger partial charge in [0.15, 0.2) is 0 Å². The lowest BCUT2D eigenvalue weighted by molar-refractivity contribution is -0.105. The van der Waals surface area contributed by atoms with E-state index in [1.807, 2.05) is 43.5 Å². The van der Waals surface area contributed by atoms with Gasteiger partial charge in [-0.1, -0.05) is 30.3 Å². The number of thiophene rings is 1. The Hall–Kier alpha value is -3.29. The topological polar surface area (TPSA) is 92.9 Å². The standard InChI is InChI=1S/C17H12N4OS.C4H9N/c18-17-16-15(19-8-20-17)13-5-4-11(7-14(13)23-16)10-2-1-3-12(6-10)21-9-22;1-3-4-5-2/h1-9H,(H,21,22)(H2,18,19,20);3,5H,1,4H2,2H3. The first-order valence-corrected chi connectivity index (χ1v) is 9.48. The molecular formula is C21H21N5OS. The monoisotopic (exact) mass is 391 g/mol. The molecule has 4 N–H and O–H groups in total. The van der Waals surface area contributed by atoms with Gasteiger partial charge < -0.3 is 16.4 Å². The van der Waals surface area contributed by atoms with E-state index in [2.05, 4.69) is 39.3 Å². The second-order valence-electron chi connectivity index (χ2n) is 5.94. The van der Waals surface area contributed by atoms with Gasteiger partial charge in [-0.3, -0.25) is 4.79 Å². The van der Waals surface area contributed by atoms with Gasteiger partial charge >= 0.3 is 0 Å². The lowest BCUT2D eigenvalue weighted by Crippen LogP contribution is -2.02. The number of hydrogen-bond acceptors (Lipinski definition) is 6. The molecule has 0 saturated carbocycles. The molecule has 0 atom stereocenters. The van der Waals surface area contributed by atoms with Gasteiger partial charge in [-0.25, -0.2) is 9.97 Å². The largest absolute Gasteiger partial charge is 0.382 e. The van der Waals surface area contributed by atoms with Crippen LogP contribution < -0.4 is 16.4 Å². The van der Waals surface area contributed by atoms with Crippen LogP contribution in [0.1, 0.15) is 0 Å². The number of carbonyl (C=O) groups excluding carboxylic acids is 1. The Balaban J connectivity index is 0.000000403. The van der Waals surface area contributed by atoms with Crippen molar-refractivity contribution in [1.29, 1.82) is 0 Å². The number of hydrogen-bond donors (Lipinski definition) is 3. The molecule has 28 heavy (non-hydrogen) atoms. The Kier molecular flexibility index (Phi) is 6.31. The molecule has 4 aromatic rings. The molecule has 7 heteroatoms. The molecule has 0 aliphatic carbocycles. The van der Waals surface area contributed by atoms with Crippen molar-refractivity contribution in [1.82, 2.24) is 15.3 Å². The number of carbonyl (C=O) groups is 1. The van der Waals surface area contributed by atoms with Crippen molar-refractivity contribution in [3.05, 3.63) is 61.4 Å². The maximum atomic E-state index is 10.6. The third-order valence-corrected chi connectivity index (χ3v) is 5.21. The summed E-state index contributed by atoms with van der Waals surface area (Å²) in [6.45, 7) is 4.39. The third kappa shape index (κ3) is 4.16. The number of rotatable bonds is 5. The van der Waals surface area contributed by atoms with Crippen molar-refractivity contribution in [2.45, 2.75) is 0 Å². The molecule has 2 aromatic carbocycles. The van der Waals surface area contributed by atoms with E-state index in [4.69, 9.17) is 5.73 Å². The normalized spacial score (nSPS) is 10.3. The summed E-state index contributed by atoms with van der Waals surface area (Å²) in [7, 11) is 1.89. The van der Waals surface area contributed by atoms with E-state index < -0.39 is 0 Å². The highest BCUT2D eigenvalue weighted by molar-refractivity contribution is 7.26. The van der Waals surface area contributed by atoms with E-state index in [1.165, 1.54) is 6.33 Å². The fraction of sp³-hybridized carbons (Fsp3) is 0.0952. The number of nitrogens with one attached hydrogen (secondary N) is 2. The Labute approximate surface area is 167 Å². The second-order valence-corrected chi connectivity index (χ2v) is 6.99. The molecule has 0 aliphatic rings. The Morgan fingerprint density at radius 1 is 1.18 bits per heavy atom. The predicted octanol–water partition coefficient (Wildman–Crippen LogP) is 4.05. The molecule has 0 aliphatic heterocycles. The number of fused-ring (bicyclic) bond motifs is 3. The van der Waals surface area contributed by atoms with Crippen molar-refractivity contribution in [3.8, 4) is 11.1 Å². The van der Waals surface area contributed by atoms with Crippen LogP contribution in [0, 0.1) is 0 Å². The molecule has 0 spiro atoms. The summed E-state index contributed by atoms with van der Waals surface area (Å²) < 4.78 is 2.02. The van der Waals surface area contributed by atoms with Gasteiger partial charge in [-0.15, -0.1) is 17.9 Å². The summed E-state index contributed by atoms with van der Waals surface area (Å²) in [6.07, 6.45) is 3.99. The molecule has 6 nitrogen and oxygen atoms in total. The first-order valence-electron chi connectivity index (χ1n) is 8.66. The average Bonchev–Trinajstić information content (AvgIpc) is 3.09. The van der Waals surface area contributed by atoms with Crippen molar-refractivity contribution in [3.63, 3.8) is 0 Å². The number of nitrogens with two attached hydrogens (primary N) is 1. The first-order chi connectivity index (χ1) is 13.7. The molecular weight excluding hydrogens is 370 g/mol. The summed E-state index contributed by atoms with van der Waals surface area (Å²) in [5, 5.41) is 6.64. The molecule has 2 aromatic heterocycles. The van der Waals surface area contributed by atoms with Crippen LogP contribution in [0.4, 0.5) is 11.5 Å². The molecule has 0 unspecified atom stereocenters. The number of nitrogen functional groups attached to an aromatic ring is 1. The molecule has 0 fully saturated rings. The molecule has 0 bridgehead atoms. The van der Waals surface area contributed by atoms with Crippen LogP contribution in [0.5, 0.6) is 0 Å². The fourth-order valence-corrected chi connectivity index (χ4v) is 3.87. The van der Waals surface area contributed by atoms with Crippen LogP contribution >= 0.6 is 11.3 Å². The van der Waals surface area contributed by atoms with Crippen LogP contribution in [0.2, 0.25) is 0 Å². The highest BCUT2D eigenvalue weighted by atomic mass is 32.1. The molecule has 142 valence electrons. The first kappa shape index (κ1) is 19.5. The van der Waals surface area contributed by atoms with Crippen molar-refractivity contribution < 1.29 is 4.79 Å². The zero-order valence-electron chi connectivity index (χ0n) is 15.5. The van der Waals surface area contributed by atoms with Gasteiger partial charge in [0.25, 0.3) is 0 Å². The minimum atomic E-state index is 0.509. The zero-order valence-corrected chi connectivity index (χ0v) is 16.3. The molecule has 4 rings (SSSR count). The number of anilines is 2. The average molecular weight is 392 g/mol. The maximum absolute atomic E-state index is 10.6. The van der Waals surface area contributed by atoms with Crippen LogP contribution in [-0.4, -0.2) is 30.0 Å². The van der Waals surface area contributed by atoms with Gasteiger partial charge in [-0.2, -0.15) is 0 Å². The van der Waals surface area contributed by atoms with Crippen molar-refractivity contribution >= 4 is 49.6 Å². The van der Waals surface area contributed by atoms with Gasteiger partial charge in [0.1, 0.15) is 12.1 Å². The molecule has 1 amide bonds. The SMILES string of the molecule is C=CCNC.Nc1ncnc2c1sc1cc(-c3cccc(NC=O)c3)ccc12. The van der Waals surface area contributed by atoms with Gasteiger partial charge in [0.05, 0.1) is 10.2 Å². The van der Waals surface area contributed by atoms with Gasteiger partial charge in [0, 0.05) is 22.3 Å². The van der Waals surface area contributed by atoms with Crippen LogP contribution in [0.3, 0.4) is 0 Å². The smallest absolute Gasteiger partial charge is 0.211 e. The fourth-order valence-electron chi connectivity index (χ4n) is 2.77. The molecule has 2 heterocycles. The van der Waals surface area contributed by atoms with Crippen LogP contribution in [0.25, 0.3) is 31.4 Å². The lowest BCUT2D eigenvalue weighted by Gasteiger charge is -2.05. The minimum absolute atomic E-state index is 0.509. The highest BCUT2D eigenvalue weighted by Crippen LogP contribution is 2.37. The van der Waals surface area contributed by atoms with E-state index in [0.29, 0.717) is 12.2 Å². The summed E-state index contributed by atoms with van der Waals surface area (Å²) in [5.74, 6) is 0.509. The maximum Gasteiger partial charge on any atom is 0.211 e. The molecule has 0 radical (unpaired) electrons. The van der Waals surface area contributed by atoms with Crippen molar-refractivity contribution in [2.24, 2.45) is 0 Å². The summed E-state index contributed by atoms with van der Waals surface area (Å²) in [4.78, 5) is 19.0. The second kappa shape index (κ2) is 9.07. The zero-order chi connectivity index (χ0) is 19.9. The minimum Gasteiger partial charge on any atom is -0.382 e. The summed E-state index contributed by atoms with van der Waals surface area (Å²) in [5.41, 5.74) is 9.71. The Bertz CT molecular complexity index is 1120. The summed E-state index contributed by atoms with van der Waals surface area (Å²) in [6, 6.07) is 13.9. The van der Waals surface area contributed by atoms with Crippen molar-refractivity contribution in [2.75, 3.05) is 24.6 Å². The van der Waals surface area contributed by atoms with E-state index in [9.17, 15) is 4.79 Å². The summed E-state index contributed by atoms with van der Waals surface area (Å²) >= 11 is 1.59. The number of amides is 1. The van der Waals surface area contributed by atoms with Crippen LogP contribution in [0.15, 0.2) is 61.4 Å². The van der Waals surface area contributed by atoms with Gasteiger partial charge in [-0.05, 0) is 36.4 Å². The quantitative estimate of drug-likeness (QED) is 0.352. The Morgan fingerprint density at radius 2 is 2.00 bits per heavy atom. The Morgan fingerprint density at radius 3 is 2.71 bits per heavy atom. The van der Waals surface area contributed by atoms with Crippen LogP contribution in [-0.2, 0) is 4.79 Å². The highest BCUT2D eigenvalue weighted by Gasteiger charge is 2.10. The molecule has 0 saturated heterocycles. The van der Waals surface area contributed by atoms with E-state index >= 15 is 0 Å². The number of aromatic nitrogens is 2. The number of benzene rings is 2. The van der Waals surface area contributed by atoms with Gasteiger partial charge in [0.2, 0.25) is 6.41 Å². The van der Waals surface area contributed by atoms with E-state index in [0.717, 1.165) is 43.7 Å². The van der Waals surface area contributed by atoms with E-state index in [-0.39, 0.29) is 0 Å². The number of nitrogens with zero attached hydrogens (tertiary/aromatic N) is 2. The third-order valence-electron chi connectivity index (χ3n) is 4.05. The lowest BCUT2D eigenvalue weighted by atomic mass is 10.0. The number of likely N-dealkylation sites (N-methyl/N-ethyl adjacent to an activating group) is 1.